The van der Waals surface area contributed by atoms with Gasteiger partial charge in [-0.25, -0.2) is 8.42 Å². The van der Waals surface area contributed by atoms with Gasteiger partial charge in [0.15, 0.2) is 0 Å². The molecule has 0 unspecified atom stereocenters. The van der Waals surface area contributed by atoms with E-state index in [4.69, 9.17) is 4.52 Å². The Morgan fingerprint density at radius 3 is 2.48 bits per heavy atom. The number of amides is 1. The molecular weight excluding hydrogens is 392 g/mol. The number of para-hydroxylation sites is 1. The van der Waals surface area contributed by atoms with Crippen molar-refractivity contribution >= 4 is 21.6 Å². The summed E-state index contributed by atoms with van der Waals surface area (Å²) in [6, 6.07) is 11.9. The lowest BCUT2D eigenvalue weighted by Crippen LogP contribution is -2.35. The van der Waals surface area contributed by atoms with E-state index in [-0.39, 0.29) is 11.4 Å². The van der Waals surface area contributed by atoms with Gasteiger partial charge < -0.3 is 9.84 Å². The topological polar surface area (TPSA) is 105 Å². The van der Waals surface area contributed by atoms with Gasteiger partial charge in [-0.15, -0.1) is 0 Å². The smallest absolute Gasteiger partial charge is 0.243 e. The molecule has 9 heteroatoms. The molecule has 0 saturated heterocycles. The zero-order valence-corrected chi connectivity index (χ0v) is 17.4. The number of hydrogen-bond donors (Lipinski definition) is 1. The van der Waals surface area contributed by atoms with Crippen LogP contribution in [0.5, 0.6) is 0 Å². The van der Waals surface area contributed by atoms with E-state index in [2.05, 4.69) is 15.5 Å². The molecule has 0 atom stereocenters. The predicted octanol–water partition coefficient (Wildman–Crippen LogP) is 2.92. The Kier molecular flexibility index (Phi) is 5.81. The Hall–Kier alpha value is -3.04. The van der Waals surface area contributed by atoms with Crippen molar-refractivity contribution in [2.45, 2.75) is 25.7 Å². The number of benzene rings is 2. The molecule has 1 amide bonds. The maximum atomic E-state index is 12.8. The molecule has 1 N–H and O–H groups in total. The maximum Gasteiger partial charge on any atom is 0.243 e. The number of aryl methyl sites for hydroxylation is 3. The third kappa shape index (κ3) is 4.52. The quantitative estimate of drug-likeness (QED) is 0.665. The van der Waals surface area contributed by atoms with Crippen molar-refractivity contribution in [1.82, 2.24) is 14.4 Å². The van der Waals surface area contributed by atoms with Gasteiger partial charge in [0, 0.05) is 19.5 Å². The van der Waals surface area contributed by atoms with E-state index in [1.165, 1.54) is 7.05 Å². The van der Waals surface area contributed by atoms with Gasteiger partial charge in [0.25, 0.3) is 0 Å². The van der Waals surface area contributed by atoms with Crippen molar-refractivity contribution in [3.8, 4) is 11.4 Å². The van der Waals surface area contributed by atoms with E-state index in [1.54, 1.807) is 49.4 Å². The van der Waals surface area contributed by atoms with Gasteiger partial charge in [-0.2, -0.15) is 9.29 Å². The number of carbonyl (C=O) groups is 1. The number of carbonyl (C=O) groups excluding carboxylic acids is 1. The van der Waals surface area contributed by atoms with Crippen LogP contribution in [0.25, 0.3) is 11.4 Å². The summed E-state index contributed by atoms with van der Waals surface area (Å²) in [5, 5.41) is 6.59. The fraction of sp³-hybridized carbons (Fsp3) is 0.250. The number of anilines is 1. The van der Waals surface area contributed by atoms with Gasteiger partial charge in [-0.1, -0.05) is 23.4 Å². The summed E-state index contributed by atoms with van der Waals surface area (Å²) in [5.74, 6) is 0.266. The molecule has 0 aliphatic rings. The summed E-state index contributed by atoms with van der Waals surface area (Å²) < 4.78 is 31.6. The molecule has 3 rings (SSSR count). The molecule has 0 saturated carbocycles. The molecule has 0 radical (unpaired) electrons. The van der Waals surface area contributed by atoms with Crippen molar-refractivity contribution in [3.05, 3.63) is 59.5 Å². The highest BCUT2D eigenvalue weighted by atomic mass is 32.2. The summed E-state index contributed by atoms with van der Waals surface area (Å²) in [6.07, 6.45) is 0. The number of aromatic nitrogens is 2. The molecule has 0 aliphatic heterocycles. The third-order valence-electron chi connectivity index (χ3n) is 4.52. The van der Waals surface area contributed by atoms with Crippen molar-refractivity contribution in [3.63, 3.8) is 0 Å². The van der Waals surface area contributed by atoms with Crippen molar-refractivity contribution < 1.29 is 17.7 Å². The lowest BCUT2D eigenvalue weighted by atomic mass is 10.1. The summed E-state index contributed by atoms with van der Waals surface area (Å²) in [5.41, 5.74) is 2.92. The van der Waals surface area contributed by atoms with Crippen LogP contribution >= 0.6 is 0 Å². The number of rotatable bonds is 6. The van der Waals surface area contributed by atoms with Crippen LogP contribution in [0.15, 0.2) is 51.9 Å². The highest BCUT2D eigenvalue weighted by Gasteiger charge is 2.24. The fourth-order valence-corrected chi connectivity index (χ4v) is 3.94. The molecule has 0 bridgehead atoms. The van der Waals surface area contributed by atoms with Gasteiger partial charge in [0.2, 0.25) is 27.6 Å². The number of nitrogens with zero attached hydrogens (tertiary/aromatic N) is 3. The predicted molar refractivity (Wildman–Crippen MR) is 109 cm³/mol. The zero-order valence-electron chi connectivity index (χ0n) is 16.6. The standard InChI is InChI=1S/C20H22N4O4S/c1-13-9-10-16(11-14(13)2)29(26,27)24(4)12-19(25)22-18-8-6-5-7-17(18)20-21-15(3)28-23-20/h5-11H,12H2,1-4H3,(H,22,25). The molecule has 0 fully saturated rings. The van der Waals surface area contributed by atoms with Crippen LogP contribution in [-0.2, 0) is 14.8 Å². The van der Waals surface area contributed by atoms with Crippen LogP contribution in [-0.4, -0.2) is 42.4 Å². The molecule has 152 valence electrons. The van der Waals surface area contributed by atoms with E-state index < -0.39 is 15.9 Å². The summed E-state index contributed by atoms with van der Waals surface area (Å²) in [6.45, 7) is 5.09. The molecule has 1 heterocycles. The van der Waals surface area contributed by atoms with Crippen molar-refractivity contribution in [1.29, 1.82) is 0 Å². The number of nitrogens with one attached hydrogen (secondary N) is 1. The van der Waals surface area contributed by atoms with Crippen LogP contribution in [0, 0.1) is 20.8 Å². The second-order valence-corrected chi connectivity index (χ2v) is 8.78. The number of sulfonamides is 1. The first-order valence-electron chi connectivity index (χ1n) is 8.91. The van der Waals surface area contributed by atoms with Crippen molar-refractivity contribution in [2.24, 2.45) is 0 Å². The van der Waals surface area contributed by atoms with Crippen LogP contribution in [0.4, 0.5) is 5.69 Å². The van der Waals surface area contributed by atoms with E-state index in [0.717, 1.165) is 15.4 Å². The van der Waals surface area contributed by atoms with Gasteiger partial charge >= 0.3 is 0 Å². The largest absolute Gasteiger partial charge is 0.339 e. The molecule has 0 aliphatic carbocycles. The fourth-order valence-electron chi connectivity index (χ4n) is 2.73. The van der Waals surface area contributed by atoms with Gasteiger partial charge in [-0.05, 0) is 49.2 Å². The minimum Gasteiger partial charge on any atom is -0.339 e. The third-order valence-corrected chi connectivity index (χ3v) is 6.32. The van der Waals surface area contributed by atoms with E-state index >= 15 is 0 Å². The van der Waals surface area contributed by atoms with Crippen molar-refractivity contribution in [2.75, 3.05) is 18.9 Å². The highest BCUT2D eigenvalue weighted by Crippen LogP contribution is 2.25. The number of likely N-dealkylation sites (N-methyl/N-ethyl adjacent to an activating group) is 1. The van der Waals surface area contributed by atoms with E-state index in [0.29, 0.717) is 23.0 Å². The minimum atomic E-state index is -3.79. The Morgan fingerprint density at radius 2 is 1.83 bits per heavy atom. The Bertz CT molecular complexity index is 1150. The number of hydrogen-bond acceptors (Lipinski definition) is 6. The molecule has 3 aromatic rings. The second-order valence-electron chi connectivity index (χ2n) is 6.74. The Labute approximate surface area is 169 Å². The van der Waals surface area contributed by atoms with E-state index in [9.17, 15) is 13.2 Å². The lowest BCUT2D eigenvalue weighted by molar-refractivity contribution is -0.116. The van der Waals surface area contributed by atoms with Crippen LogP contribution in [0.2, 0.25) is 0 Å². The average molecular weight is 414 g/mol. The summed E-state index contributed by atoms with van der Waals surface area (Å²) in [4.78, 5) is 16.8. The summed E-state index contributed by atoms with van der Waals surface area (Å²) >= 11 is 0. The summed E-state index contributed by atoms with van der Waals surface area (Å²) in [7, 11) is -2.42. The van der Waals surface area contributed by atoms with Crippen LogP contribution < -0.4 is 5.32 Å². The Balaban J connectivity index is 1.76. The molecular formula is C20H22N4O4S. The first-order chi connectivity index (χ1) is 13.7. The molecule has 1 aromatic heterocycles. The molecule has 8 nitrogen and oxygen atoms in total. The Morgan fingerprint density at radius 1 is 1.10 bits per heavy atom. The van der Waals surface area contributed by atoms with Gasteiger partial charge in [0.1, 0.15) is 0 Å². The normalized spacial score (nSPS) is 11.6. The molecule has 2 aromatic carbocycles. The van der Waals surface area contributed by atoms with Crippen LogP contribution in [0.1, 0.15) is 17.0 Å². The zero-order chi connectivity index (χ0) is 21.2. The monoisotopic (exact) mass is 414 g/mol. The van der Waals surface area contributed by atoms with E-state index in [1.807, 2.05) is 13.8 Å². The molecule has 29 heavy (non-hydrogen) atoms. The maximum absolute atomic E-state index is 12.8. The highest BCUT2D eigenvalue weighted by molar-refractivity contribution is 7.89. The molecule has 0 spiro atoms. The van der Waals surface area contributed by atoms with Gasteiger partial charge in [-0.3, -0.25) is 4.79 Å². The lowest BCUT2D eigenvalue weighted by Gasteiger charge is -2.18. The first-order valence-corrected chi connectivity index (χ1v) is 10.4. The van der Waals surface area contributed by atoms with Crippen LogP contribution in [0.3, 0.4) is 0 Å². The SMILES string of the molecule is Cc1nc(-c2ccccc2NC(=O)CN(C)S(=O)(=O)c2ccc(C)c(C)c2)no1. The van der Waals surface area contributed by atoms with Gasteiger partial charge in [0.05, 0.1) is 17.1 Å². The first kappa shape index (κ1) is 20.7. The second kappa shape index (κ2) is 8.14. The average Bonchev–Trinajstić information content (AvgIpc) is 3.10. The minimum absolute atomic E-state index is 0.151.